The van der Waals surface area contributed by atoms with Crippen LogP contribution in [0.2, 0.25) is 0 Å². The number of urea groups is 1. The maximum Gasteiger partial charge on any atom is 0.314 e. The second-order valence-corrected chi connectivity index (χ2v) is 4.94. The highest BCUT2D eigenvalue weighted by Crippen LogP contribution is 2.16. The molecule has 1 heterocycles. The van der Waals surface area contributed by atoms with Crippen molar-refractivity contribution in [1.29, 1.82) is 0 Å². The molecular weight excluding hydrogens is 284 g/mol. The summed E-state index contributed by atoms with van der Waals surface area (Å²) >= 11 is 0. The first-order valence-electron chi connectivity index (χ1n) is 7.22. The summed E-state index contributed by atoms with van der Waals surface area (Å²) in [7, 11) is 0. The molecule has 1 atom stereocenters. The molecule has 2 rings (SSSR count). The van der Waals surface area contributed by atoms with Crippen LogP contribution in [-0.2, 0) is 6.42 Å². The molecule has 0 bridgehead atoms. The molecule has 7 heteroatoms. The van der Waals surface area contributed by atoms with Crippen molar-refractivity contribution in [2.45, 2.75) is 25.9 Å². The Morgan fingerprint density at radius 3 is 2.68 bits per heavy atom. The molecule has 0 spiro atoms. The van der Waals surface area contributed by atoms with Gasteiger partial charge in [-0.05, 0) is 25.5 Å². The van der Waals surface area contributed by atoms with E-state index in [1.807, 2.05) is 30.3 Å². The van der Waals surface area contributed by atoms with Gasteiger partial charge >= 0.3 is 6.03 Å². The van der Waals surface area contributed by atoms with E-state index < -0.39 is 6.10 Å². The van der Waals surface area contributed by atoms with Crippen LogP contribution >= 0.6 is 0 Å². The molecule has 0 fully saturated rings. The Hall–Kier alpha value is -2.41. The van der Waals surface area contributed by atoms with Crippen LogP contribution in [0.25, 0.3) is 11.5 Å². The van der Waals surface area contributed by atoms with Crippen molar-refractivity contribution in [3.05, 3.63) is 36.2 Å². The molecule has 0 aliphatic rings. The van der Waals surface area contributed by atoms with Crippen molar-refractivity contribution in [2.75, 3.05) is 13.1 Å². The number of carbonyl (C=O) groups excluding carboxylic acids is 1. The average Bonchev–Trinajstić information content (AvgIpc) is 2.97. The normalized spacial score (nSPS) is 11.9. The number of hydrogen-bond donors (Lipinski definition) is 3. The highest BCUT2D eigenvalue weighted by atomic mass is 16.4. The first-order chi connectivity index (χ1) is 10.6. The number of aromatic nitrogens is 2. The summed E-state index contributed by atoms with van der Waals surface area (Å²) in [6.07, 6.45) is 0.566. The third-order valence-corrected chi connectivity index (χ3v) is 2.96. The molecule has 1 aromatic heterocycles. The number of hydrogen-bond acceptors (Lipinski definition) is 5. The zero-order valence-corrected chi connectivity index (χ0v) is 12.5. The summed E-state index contributed by atoms with van der Waals surface area (Å²) in [5.41, 5.74) is 0.866. The van der Waals surface area contributed by atoms with Gasteiger partial charge in [0.15, 0.2) is 0 Å². The van der Waals surface area contributed by atoms with E-state index in [0.29, 0.717) is 37.7 Å². The van der Waals surface area contributed by atoms with Crippen LogP contribution in [0.1, 0.15) is 19.2 Å². The molecule has 0 aliphatic heterocycles. The van der Waals surface area contributed by atoms with Gasteiger partial charge < -0.3 is 20.2 Å². The monoisotopic (exact) mass is 304 g/mol. The molecule has 2 amide bonds. The van der Waals surface area contributed by atoms with Crippen LogP contribution in [0.4, 0.5) is 4.79 Å². The van der Waals surface area contributed by atoms with Crippen LogP contribution < -0.4 is 10.6 Å². The summed E-state index contributed by atoms with van der Waals surface area (Å²) in [4.78, 5) is 11.5. The van der Waals surface area contributed by atoms with Crippen molar-refractivity contribution < 1.29 is 14.3 Å². The fraction of sp³-hybridized carbons (Fsp3) is 0.400. The number of aliphatic hydroxyl groups is 1. The molecule has 118 valence electrons. The first kappa shape index (κ1) is 16.0. The fourth-order valence-electron chi connectivity index (χ4n) is 1.79. The molecule has 3 N–H and O–H groups in total. The summed E-state index contributed by atoms with van der Waals surface area (Å²) in [6.45, 7) is 2.51. The van der Waals surface area contributed by atoms with E-state index in [2.05, 4.69) is 20.8 Å². The van der Waals surface area contributed by atoms with Crippen LogP contribution in [0.15, 0.2) is 34.7 Å². The van der Waals surface area contributed by atoms with Crippen LogP contribution in [0, 0.1) is 0 Å². The number of aliphatic hydroxyl groups excluding tert-OH is 1. The molecule has 0 aliphatic carbocycles. The van der Waals surface area contributed by atoms with Crippen LogP contribution in [0.3, 0.4) is 0 Å². The molecule has 0 saturated heterocycles. The number of amides is 2. The van der Waals surface area contributed by atoms with Crippen molar-refractivity contribution in [2.24, 2.45) is 0 Å². The smallest absolute Gasteiger partial charge is 0.314 e. The number of nitrogens with one attached hydrogen (secondary N) is 2. The Balaban J connectivity index is 1.72. The van der Waals surface area contributed by atoms with Gasteiger partial charge in [0, 0.05) is 25.1 Å². The van der Waals surface area contributed by atoms with E-state index in [1.54, 1.807) is 6.92 Å². The SMILES string of the molecule is CC(O)CCNC(=O)NCCc1nnc(-c2ccccc2)o1. The predicted molar refractivity (Wildman–Crippen MR) is 81.1 cm³/mol. The first-order valence-corrected chi connectivity index (χ1v) is 7.22. The average molecular weight is 304 g/mol. The molecule has 0 radical (unpaired) electrons. The van der Waals surface area contributed by atoms with Crippen molar-refractivity contribution in [1.82, 2.24) is 20.8 Å². The zero-order chi connectivity index (χ0) is 15.8. The summed E-state index contributed by atoms with van der Waals surface area (Å²) in [5.74, 6) is 0.945. The maximum absolute atomic E-state index is 11.5. The van der Waals surface area contributed by atoms with Gasteiger partial charge in [0.2, 0.25) is 11.8 Å². The van der Waals surface area contributed by atoms with Gasteiger partial charge in [-0.25, -0.2) is 4.79 Å². The van der Waals surface area contributed by atoms with Gasteiger partial charge in [-0.1, -0.05) is 18.2 Å². The number of carbonyl (C=O) groups is 1. The minimum atomic E-state index is -0.421. The molecular formula is C15H20N4O3. The van der Waals surface area contributed by atoms with E-state index in [1.165, 1.54) is 0 Å². The highest BCUT2D eigenvalue weighted by Gasteiger charge is 2.08. The molecule has 2 aromatic rings. The zero-order valence-electron chi connectivity index (χ0n) is 12.5. The van der Waals surface area contributed by atoms with Gasteiger partial charge in [0.05, 0.1) is 6.10 Å². The predicted octanol–water partition coefficient (Wildman–Crippen LogP) is 1.35. The Kier molecular flexibility index (Phi) is 5.91. The topological polar surface area (TPSA) is 100 Å². The summed E-state index contributed by atoms with van der Waals surface area (Å²) in [5, 5.41) is 22.4. The fourth-order valence-corrected chi connectivity index (χ4v) is 1.79. The summed E-state index contributed by atoms with van der Waals surface area (Å²) < 4.78 is 5.54. The Bertz CT molecular complexity index is 583. The number of benzene rings is 1. The van der Waals surface area contributed by atoms with Gasteiger partial charge in [0.25, 0.3) is 0 Å². The lowest BCUT2D eigenvalue weighted by molar-refractivity contribution is 0.183. The van der Waals surface area contributed by atoms with E-state index in [9.17, 15) is 4.79 Å². The molecule has 22 heavy (non-hydrogen) atoms. The number of nitrogens with zero attached hydrogens (tertiary/aromatic N) is 2. The van der Waals surface area contributed by atoms with Gasteiger partial charge in [0.1, 0.15) is 0 Å². The second kappa shape index (κ2) is 8.14. The van der Waals surface area contributed by atoms with Crippen LogP contribution in [0.5, 0.6) is 0 Å². The lowest BCUT2D eigenvalue weighted by atomic mass is 10.2. The third-order valence-electron chi connectivity index (χ3n) is 2.96. The van der Waals surface area contributed by atoms with E-state index in [4.69, 9.17) is 9.52 Å². The highest BCUT2D eigenvalue weighted by molar-refractivity contribution is 5.73. The maximum atomic E-state index is 11.5. The van der Waals surface area contributed by atoms with Crippen molar-refractivity contribution >= 4 is 6.03 Å². The lowest BCUT2D eigenvalue weighted by Gasteiger charge is -2.07. The number of rotatable bonds is 7. The van der Waals surface area contributed by atoms with Gasteiger partial charge in [-0.2, -0.15) is 0 Å². The Morgan fingerprint density at radius 1 is 1.23 bits per heavy atom. The Labute approximate surface area is 128 Å². The second-order valence-electron chi connectivity index (χ2n) is 4.94. The largest absolute Gasteiger partial charge is 0.421 e. The molecule has 0 saturated carbocycles. The standard InChI is InChI=1S/C15H20N4O3/c1-11(20)7-9-16-15(21)17-10-8-13-18-19-14(22-13)12-5-3-2-4-6-12/h2-6,11,20H,7-10H2,1H3,(H2,16,17,21). The quantitative estimate of drug-likeness (QED) is 0.717. The van der Waals surface area contributed by atoms with Crippen molar-refractivity contribution in [3.8, 4) is 11.5 Å². The molecule has 1 unspecified atom stereocenters. The van der Waals surface area contributed by atoms with Crippen LogP contribution in [-0.4, -0.2) is 40.5 Å². The molecule has 7 nitrogen and oxygen atoms in total. The van der Waals surface area contributed by atoms with E-state index in [-0.39, 0.29) is 6.03 Å². The lowest BCUT2D eigenvalue weighted by Crippen LogP contribution is -2.37. The van der Waals surface area contributed by atoms with Gasteiger partial charge in [-0.3, -0.25) is 0 Å². The summed E-state index contributed by atoms with van der Waals surface area (Å²) in [6, 6.07) is 9.23. The minimum Gasteiger partial charge on any atom is -0.421 e. The van der Waals surface area contributed by atoms with E-state index in [0.717, 1.165) is 5.56 Å². The van der Waals surface area contributed by atoms with Crippen molar-refractivity contribution in [3.63, 3.8) is 0 Å². The molecule has 1 aromatic carbocycles. The Morgan fingerprint density at radius 2 is 1.95 bits per heavy atom. The minimum absolute atomic E-state index is 0.275. The van der Waals surface area contributed by atoms with E-state index >= 15 is 0 Å². The van der Waals surface area contributed by atoms with Gasteiger partial charge in [-0.15, -0.1) is 10.2 Å². The third kappa shape index (κ3) is 5.17.